The molecule has 142 valence electrons. The molecule has 27 heavy (non-hydrogen) atoms. The lowest BCUT2D eigenvalue weighted by Gasteiger charge is -2.12. The molecule has 0 atom stereocenters. The van der Waals surface area contributed by atoms with Crippen LogP contribution in [0.15, 0.2) is 47.6 Å². The van der Waals surface area contributed by atoms with Crippen LogP contribution < -0.4 is 20.2 Å². The van der Waals surface area contributed by atoms with E-state index in [9.17, 15) is 10.1 Å². The Morgan fingerprint density at radius 1 is 1.22 bits per heavy atom. The normalized spacial score (nSPS) is 10.4. The molecule has 2 aromatic rings. The number of nitrogens with one attached hydrogen (secondary N) is 2. The van der Waals surface area contributed by atoms with Crippen LogP contribution >= 0.6 is 12.2 Å². The van der Waals surface area contributed by atoms with Crippen molar-refractivity contribution in [1.29, 1.82) is 0 Å². The van der Waals surface area contributed by atoms with Crippen LogP contribution in [0.25, 0.3) is 0 Å². The maximum Gasteiger partial charge on any atom is 0.269 e. The molecule has 0 aliphatic rings. The summed E-state index contributed by atoms with van der Waals surface area (Å²) in [5.41, 5.74) is 4.35. The zero-order valence-electron chi connectivity index (χ0n) is 15.0. The monoisotopic (exact) mass is 388 g/mol. The summed E-state index contributed by atoms with van der Waals surface area (Å²) >= 11 is 4.94. The molecule has 0 unspecified atom stereocenters. The molecule has 8 nitrogen and oxygen atoms in total. The van der Waals surface area contributed by atoms with Gasteiger partial charge in [0, 0.05) is 19.2 Å². The van der Waals surface area contributed by atoms with Crippen LogP contribution in [0.2, 0.25) is 0 Å². The number of hydrogen-bond donors (Lipinski definition) is 2. The van der Waals surface area contributed by atoms with Gasteiger partial charge in [0.15, 0.2) is 16.6 Å². The van der Waals surface area contributed by atoms with Crippen LogP contribution in [0.1, 0.15) is 18.1 Å². The minimum Gasteiger partial charge on any atom is -0.490 e. The van der Waals surface area contributed by atoms with Crippen molar-refractivity contribution in [1.82, 2.24) is 10.7 Å². The summed E-state index contributed by atoms with van der Waals surface area (Å²) in [4.78, 5) is 10.3. The van der Waals surface area contributed by atoms with Crippen LogP contribution in [0, 0.1) is 10.1 Å². The van der Waals surface area contributed by atoms with E-state index in [0.717, 1.165) is 11.1 Å². The van der Waals surface area contributed by atoms with Gasteiger partial charge in [-0.2, -0.15) is 5.10 Å². The van der Waals surface area contributed by atoms with E-state index in [0.29, 0.717) is 23.2 Å². The van der Waals surface area contributed by atoms with E-state index in [2.05, 4.69) is 15.8 Å². The number of nitro benzene ring substituents is 1. The second kappa shape index (κ2) is 10.1. The molecule has 0 aliphatic heterocycles. The van der Waals surface area contributed by atoms with Crippen LogP contribution in [-0.4, -0.2) is 29.9 Å². The average Bonchev–Trinajstić information content (AvgIpc) is 2.67. The highest BCUT2D eigenvalue weighted by Gasteiger charge is 2.08. The van der Waals surface area contributed by atoms with Gasteiger partial charge in [0.1, 0.15) is 6.61 Å². The topological polar surface area (TPSA) is 98.0 Å². The third-order valence-corrected chi connectivity index (χ3v) is 3.71. The molecule has 0 aromatic heterocycles. The number of ether oxygens (including phenoxy) is 2. The average molecular weight is 388 g/mol. The molecule has 0 amide bonds. The summed E-state index contributed by atoms with van der Waals surface area (Å²) in [6.45, 7) is 2.63. The first-order valence-electron chi connectivity index (χ1n) is 8.17. The Labute approximate surface area is 162 Å². The lowest BCUT2D eigenvalue weighted by Crippen LogP contribution is -2.28. The fourth-order valence-electron chi connectivity index (χ4n) is 2.09. The van der Waals surface area contributed by atoms with Crippen molar-refractivity contribution in [2.75, 3.05) is 13.7 Å². The smallest absolute Gasteiger partial charge is 0.269 e. The van der Waals surface area contributed by atoms with Gasteiger partial charge < -0.3 is 14.8 Å². The number of nitro groups is 1. The summed E-state index contributed by atoms with van der Waals surface area (Å²) in [6, 6.07) is 11.7. The van der Waals surface area contributed by atoms with Crippen LogP contribution in [0.3, 0.4) is 0 Å². The van der Waals surface area contributed by atoms with Crippen molar-refractivity contribution >= 4 is 29.2 Å². The Morgan fingerprint density at radius 2 is 1.96 bits per heavy atom. The van der Waals surface area contributed by atoms with Gasteiger partial charge in [-0.05, 0) is 60.6 Å². The van der Waals surface area contributed by atoms with Crippen molar-refractivity contribution in [3.8, 4) is 11.5 Å². The summed E-state index contributed by atoms with van der Waals surface area (Å²) in [5.74, 6) is 1.16. The fourth-order valence-corrected chi connectivity index (χ4v) is 2.14. The number of nitrogens with zero attached hydrogens (tertiary/aromatic N) is 2. The lowest BCUT2D eigenvalue weighted by atomic mass is 10.2. The molecule has 2 N–H and O–H groups in total. The number of benzene rings is 2. The third-order valence-electron chi connectivity index (χ3n) is 3.42. The third kappa shape index (κ3) is 6.23. The Kier molecular flexibility index (Phi) is 7.50. The molecule has 9 heteroatoms. The number of hydrogen-bond acceptors (Lipinski definition) is 6. The predicted octanol–water partition coefficient (Wildman–Crippen LogP) is 3.00. The van der Waals surface area contributed by atoms with Crippen LogP contribution in [-0.2, 0) is 6.61 Å². The van der Waals surface area contributed by atoms with Gasteiger partial charge in [-0.25, -0.2) is 0 Å². The second-order valence-electron chi connectivity index (χ2n) is 5.30. The highest BCUT2D eigenvalue weighted by molar-refractivity contribution is 7.80. The number of thiocarbonyl (C=S) groups is 1. The maximum absolute atomic E-state index is 10.7. The van der Waals surface area contributed by atoms with Gasteiger partial charge in [-0.15, -0.1) is 0 Å². The van der Waals surface area contributed by atoms with E-state index in [-0.39, 0.29) is 12.3 Å². The van der Waals surface area contributed by atoms with Gasteiger partial charge in [0.2, 0.25) is 0 Å². The van der Waals surface area contributed by atoms with Crippen molar-refractivity contribution in [3.05, 3.63) is 63.7 Å². The molecule has 0 heterocycles. The molecule has 0 saturated carbocycles. The van der Waals surface area contributed by atoms with E-state index < -0.39 is 4.92 Å². The standard InChI is InChI=1S/C18H20N4O4S/c1-3-25-17-10-14(11-20-21-18(27)19-2)6-9-16(17)26-12-13-4-7-15(8-5-13)22(23)24/h4-11H,3,12H2,1-2H3,(H2,19,21,27)/b20-11+. The number of hydrazone groups is 1. The molecule has 2 rings (SSSR count). The lowest BCUT2D eigenvalue weighted by molar-refractivity contribution is -0.384. The minimum atomic E-state index is -0.434. The SMILES string of the molecule is CCOc1cc(/C=N/NC(=S)NC)ccc1OCc1ccc([N+](=O)[O-])cc1. The summed E-state index contributed by atoms with van der Waals surface area (Å²) in [7, 11) is 1.70. The zero-order chi connectivity index (χ0) is 19.6. The van der Waals surface area contributed by atoms with E-state index >= 15 is 0 Å². The Morgan fingerprint density at radius 3 is 2.59 bits per heavy atom. The Balaban J connectivity index is 2.06. The largest absolute Gasteiger partial charge is 0.490 e. The van der Waals surface area contributed by atoms with Gasteiger partial charge >= 0.3 is 0 Å². The van der Waals surface area contributed by atoms with E-state index in [1.165, 1.54) is 12.1 Å². The van der Waals surface area contributed by atoms with Crippen molar-refractivity contribution < 1.29 is 14.4 Å². The minimum absolute atomic E-state index is 0.0451. The highest BCUT2D eigenvalue weighted by Crippen LogP contribution is 2.29. The van der Waals surface area contributed by atoms with E-state index in [1.54, 1.807) is 31.5 Å². The Hall–Kier alpha value is -3.20. The molecule has 0 aliphatic carbocycles. The zero-order valence-corrected chi connectivity index (χ0v) is 15.8. The molecule has 0 radical (unpaired) electrons. The predicted molar refractivity (Wildman–Crippen MR) is 107 cm³/mol. The molecular formula is C18H20N4O4S. The fraction of sp³-hybridized carbons (Fsp3) is 0.222. The number of rotatable bonds is 8. The van der Waals surface area contributed by atoms with Crippen molar-refractivity contribution in [2.45, 2.75) is 13.5 Å². The second-order valence-corrected chi connectivity index (χ2v) is 5.71. The van der Waals surface area contributed by atoms with Crippen molar-refractivity contribution in [3.63, 3.8) is 0 Å². The summed E-state index contributed by atoms with van der Waals surface area (Å²) < 4.78 is 11.4. The molecule has 0 saturated heterocycles. The van der Waals surface area contributed by atoms with Gasteiger partial charge in [0.25, 0.3) is 5.69 Å². The Bertz CT molecular complexity index is 825. The maximum atomic E-state index is 10.7. The first-order chi connectivity index (χ1) is 13.0. The van der Waals surface area contributed by atoms with Gasteiger partial charge in [-0.3, -0.25) is 15.5 Å². The van der Waals surface area contributed by atoms with E-state index in [4.69, 9.17) is 21.7 Å². The van der Waals surface area contributed by atoms with E-state index in [1.807, 2.05) is 19.1 Å². The first-order valence-corrected chi connectivity index (χ1v) is 8.58. The number of non-ortho nitro benzene ring substituents is 1. The quantitative estimate of drug-likeness (QED) is 0.310. The summed E-state index contributed by atoms with van der Waals surface area (Å²) in [6.07, 6.45) is 1.62. The van der Waals surface area contributed by atoms with Crippen molar-refractivity contribution in [2.24, 2.45) is 5.10 Å². The van der Waals surface area contributed by atoms with Crippen LogP contribution in [0.5, 0.6) is 11.5 Å². The van der Waals surface area contributed by atoms with Gasteiger partial charge in [0.05, 0.1) is 17.7 Å². The van der Waals surface area contributed by atoms with Crippen LogP contribution in [0.4, 0.5) is 5.69 Å². The molecule has 2 aromatic carbocycles. The molecular weight excluding hydrogens is 368 g/mol. The first kappa shape index (κ1) is 20.1. The molecule has 0 fully saturated rings. The van der Waals surface area contributed by atoms with Gasteiger partial charge in [-0.1, -0.05) is 0 Å². The molecule has 0 bridgehead atoms. The highest BCUT2D eigenvalue weighted by atomic mass is 32.1. The summed E-state index contributed by atoms with van der Waals surface area (Å²) in [5, 5.41) is 17.9. The molecule has 0 spiro atoms.